The van der Waals surface area contributed by atoms with Crippen LogP contribution in [0.5, 0.6) is 0 Å². The molecule has 3 heteroatoms. The average Bonchev–Trinajstić information content (AvgIpc) is 2.53. The second kappa shape index (κ2) is 4.91. The van der Waals surface area contributed by atoms with Crippen LogP contribution < -0.4 is 5.32 Å². The number of nitrogens with one attached hydrogen (secondary N) is 1. The number of rotatable bonds is 2. The van der Waals surface area contributed by atoms with E-state index >= 15 is 0 Å². The molecule has 2 nitrogen and oxygen atoms in total. The van der Waals surface area contributed by atoms with Crippen LogP contribution in [0.2, 0.25) is 0 Å². The molecule has 1 aromatic heterocycles. The fraction of sp³-hybridized carbons (Fsp3) is 0.636. The number of aryl methyl sites for hydroxylation is 1. The van der Waals surface area contributed by atoms with E-state index in [0.717, 1.165) is 32.5 Å². The lowest BCUT2D eigenvalue weighted by Crippen LogP contribution is -2.19. The zero-order chi connectivity index (χ0) is 9.80. The van der Waals surface area contributed by atoms with Crippen molar-refractivity contribution >= 4 is 11.3 Å². The highest BCUT2D eigenvalue weighted by Gasteiger charge is 2.15. The molecule has 0 spiro atoms. The SMILES string of the molecule is CCc1ccc(C2CNCCCO2)s1. The van der Waals surface area contributed by atoms with E-state index in [9.17, 15) is 0 Å². The summed E-state index contributed by atoms with van der Waals surface area (Å²) < 4.78 is 5.79. The minimum Gasteiger partial charge on any atom is -0.371 e. The summed E-state index contributed by atoms with van der Waals surface area (Å²) in [5.41, 5.74) is 0. The van der Waals surface area contributed by atoms with Gasteiger partial charge in [-0.1, -0.05) is 6.92 Å². The molecule has 2 rings (SSSR count). The van der Waals surface area contributed by atoms with E-state index in [1.54, 1.807) is 0 Å². The van der Waals surface area contributed by atoms with Gasteiger partial charge in [0.05, 0.1) is 0 Å². The molecule has 1 aromatic rings. The topological polar surface area (TPSA) is 21.3 Å². The van der Waals surface area contributed by atoms with Gasteiger partial charge in [-0.2, -0.15) is 0 Å². The smallest absolute Gasteiger partial charge is 0.104 e. The second-order valence-electron chi connectivity index (χ2n) is 3.57. The van der Waals surface area contributed by atoms with Crippen LogP contribution in [0.1, 0.15) is 29.2 Å². The minimum atomic E-state index is 0.280. The molecule has 1 aliphatic rings. The highest BCUT2D eigenvalue weighted by molar-refractivity contribution is 7.12. The molecule has 0 aromatic carbocycles. The fourth-order valence-electron chi connectivity index (χ4n) is 1.66. The van der Waals surface area contributed by atoms with E-state index in [0.29, 0.717) is 0 Å². The quantitative estimate of drug-likeness (QED) is 0.811. The van der Waals surface area contributed by atoms with Crippen LogP contribution in [0.4, 0.5) is 0 Å². The van der Waals surface area contributed by atoms with Crippen LogP contribution in [0, 0.1) is 0 Å². The van der Waals surface area contributed by atoms with Crippen molar-refractivity contribution in [2.45, 2.75) is 25.9 Å². The van der Waals surface area contributed by atoms with Gasteiger partial charge in [0.25, 0.3) is 0 Å². The van der Waals surface area contributed by atoms with Crippen molar-refractivity contribution in [2.75, 3.05) is 19.7 Å². The normalized spacial score (nSPS) is 23.4. The molecule has 0 amide bonds. The Morgan fingerprint density at radius 1 is 1.57 bits per heavy atom. The van der Waals surface area contributed by atoms with E-state index < -0.39 is 0 Å². The molecule has 78 valence electrons. The predicted molar refractivity (Wildman–Crippen MR) is 59.9 cm³/mol. The van der Waals surface area contributed by atoms with Gasteiger partial charge in [0.1, 0.15) is 6.10 Å². The fourth-order valence-corrected chi connectivity index (χ4v) is 2.66. The van der Waals surface area contributed by atoms with Crippen LogP contribution >= 0.6 is 11.3 Å². The Labute approximate surface area is 89.3 Å². The lowest BCUT2D eigenvalue weighted by atomic mass is 10.3. The molecular formula is C11H17NOS. The molecule has 0 saturated carbocycles. The molecule has 1 N–H and O–H groups in total. The molecule has 1 fully saturated rings. The minimum absolute atomic E-state index is 0.280. The Kier molecular flexibility index (Phi) is 3.56. The number of ether oxygens (including phenoxy) is 1. The van der Waals surface area contributed by atoms with Crippen LogP contribution in [-0.2, 0) is 11.2 Å². The number of hydrogen-bond acceptors (Lipinski definition) is 3. The molecule has 1 unspecified atom stereocenters. The maximum Gasteiger partial charge on any atom is 0.104 e. The van der Waals surface area contributed by atoms with Gasteiger partial charge in [-0.3, -0.25) is 0 Å². The molecule has 0 radical (unpaired) electrons. The van der Waals surface area contributed by atoms with Gasteiger partial charge in [0.2, 0.25) is 0 Å². The van der Waals surface area contributed by atoms with Crippen LogP contribution in [0.3, 0.4) is 0 Å². The summed E-state index contributed by atoms with van der Waals surface area (Å²) in [4.78, 5) is 2.82. The van der Waals surface area contributed by atoms with Crippen molar-refractivity contribution in [3.05, 3.63) is 21.9 Å². The second-order valence-corrected chi connectivity index (χ2v) is 4.77. The zero-order valence-corrected chi connectivity index (χ0v) is 9.40. The molecule has 0 aliphatic carbocycles. The van der Waals surface area contributed by atoms with Gasteiger partial charge in [-0.25, -0.2) is 0 Å². The van der Waals surface area contributed by atoms with E-state index in [4.69, 9.17) is 4.74 Å². The van der Waals surface area contributed by atoms with E-state index in [1.165, 1.54) is 9.75 Å². The summed E-state index contributed by atoms with van der Waals surface area (Å²) in [7, 11) is 0. The van der Waals surface area contributed by atoms with Gasteiger partial charge in [-0.15, -0.1) is 11.3 Å². The summed E-state index contributed by atoms with van der Waals surface area (Å²) in [6.45, 7) is 5.13. The Balaban J connectivity index is 2.04. The van der Waals surface area contributed by atoms with E-state index in [-0.39, 0.29) is 6.10 Å². The van der Waals surface area contributed by atoms with Crippen molar-refractivity contribution in [1.29, 1.82) is 0 Å². The van der Waals surface area contributed by atoms with E-state index in [2.05, 4.69) is 24.4 Å². The lowest BCUT2D eigenvalue weighted by molar-refractivity contribution is 0.0694. The molecule has 2 heterocycles. The van der Waals surface area contributed by atoms with E-state index in [1.807, 2.05) is 11.3 Å². The molecule has 1 aliphatic heterocycles. The Morgan fingerprint density at radius 2 is 2.50 bits per heavy atom. The summed E-state index contributed by atoms with van der Waals surface area (Å²) in [5, 5.41) is 3.40. The first-order chi connectivity index (χ1) is 6.90. The predicted octanol–water partition coefficient (Wildman–Crippen LogP) is 2.36. The first kappa shape index (κ1) is 10.1. The van der Waals surface area contributed by atoms with Crippen molar-refractivity contribution in [3.63, 3.8) is 0 Å². The van der Waals surface area contributed by atoms with Gasteiger partial charge in [-0.05, 0) is 31.5 Å². The molecule has 0 bridgehead atoms. The highest BCUT2D eigenvalue weighted by Crippen LogP contribution is 2.26. The third-order valence-corrected chi connectivity index (χ3v) is 3.82. The first-order valence-corrected chi connectivity index (χ1v) is 6.12. The molecule has 14 heavy (non-hydrogen) atoms. The lowest BCUT2D eigenvalue weighted by Gasteiger charge is -2.12. The van der Waals surface area contributed by atoms with Crippen molar-refractivity contribution in [1.82, 2.24) is 5.32 Å². The summed E-state index contributed by atoms with van der Waals surface area (Å²) in [5.74, 6) is 0. The summed E-state index contributed by atoms with van der Waals surface area (Å²) >= 11 is 1.88. The van der Waals surface area contributed by atoms with Crippen LogP contribution in [0.25, 0.3) is 0 Å². The van der Waals surface area contributed by atoms with Gasteiger partial charge < -0.3 is 10.1 Å². The average molecular weight is 211 g/mol. The summed E-state index contributed by atoms with van der Waals surface area (Å²) in [6.07, 6.45) is 2.54. The Hall–Kier alpha value is -0.380. The third-order valence-electron chi connectivity index (χ3n) is 2.49. The van der Waals surface area contributed by atoms with Crippen molar-refractivity contribution in [2.24, 2.45) is 0 Å². The maximum atomic E-state index is 5.79. The summed E-state index contributed by atoms with van der Waals surface area (Å²) in [6, 6.07) is 4.43. The van der Waals surface area contributed by atoms with Crippen molar-refractivity contribution < 1.29 is 4.74 Å². The molecule has 1 saturated heterocycles. The van der Waals surface area contributed by atoms with Gasteiger partial charge >= 0.3 is 0 Å². The Morgan fingerprint density at radius 3 is 3.29 bits per heavy atom. The van der Waals surface area contributed by atoms with Crippen molar-refractivity contribution in [3.8, 4) is 0 Å². The maximum absolute atomic E-state index is 5.79. The third kappa shape index (κ3) is 2.35. The van der Waals surface area contributed by atoms with Crippen LogP contribution in [-0.4, -0.2) is 19.7 Å². The number of thiophene rings is 1. The molecular weight excluding hydrogens is 194 g/mol. The van der Waals surface area contributed by atoms with Gasteiger partial charge in [0, 0.05) is 22.9 Å². The van der Waals surface area contributed by atoms with Gasteiger partial charge in [0.15, 0.2) is 0 Å². The standard InChI is InChI=1S/C11H17NOS/c1-2-9-4-5-11(14-9)10-8-12-6-3-7-13-10/h4-5,10,12H,2-3,6-8H2,1H3. The zero-order valence-electron chi connectivity index (χ0n) is 8.58. The van der Waals surface area contributed by atoms with Crippen LogP contribution in [0.15, 0.2) is 12.1 Å². The first-order valence-electron chi connectivity index (χ1n) is 5.31. The highest BCUT2D eigenvalue weighted by atomic mass is 32.1. The number of hydrogen-bond donors (Lipinski definition) is 1. The largest absolute Gasteiger partial charge is 0.371 e. The molecule has 1 atom stereocenters. The monoisotopic (exact) mass is 211 g/mol. The Bertz CT molecular complexity index is 277.